The first-order valence-corrected chi connectivity index (χ1v) is 8.60. The Kier molecular flexibility index (Phi) is 6.97. The lowest BCUT2D eigenvalue weighted by atomic mass is 10.1. The Balaban J connectivity index is 2.09. The summed E-state index contributed by atoms with van der Waals surface area (Å²) in [6, 6.07) is 14.4. The molecule has 0 spiro atoms. The van der Waals surface area contributed by atoms with E-state index in [9.17, 15) is 9.59 Å². The summed E-state index contributed by atoms with van der Waals surface area (Å²) >= 11 is 0. The molecule has 2 aromatic rings. The summed E-state index contributed by atoms with van der Waals surface area (Å²) in [5.41, 5.74) is 1.95. The van der Waals surface area contributed by atoms with Gasteiger partial charge in [-0.2, -0.15) is 0 Å². The summed E-state index contributed by atoms with van der Waals surface area (Å²) in [5, 5.41) is 2.78. The summed E-state index contributed by atoms with van der Waals surface area (Å²) in [5.74, 6) is 0.377. The lowest BCUT2D eigenvalue weighted by molar-refractivity contribution is -0.111. The Morgan fingerprint density at radius 1 is 1.08 bits per heavy atom. The van der Waals surface area contributed by atoms with Gasteiger partial charge in [0.2, 0.25) is 5.91 Å². The molecule has 0 saturated heterocycles. The third kappa shape index (κ3) is 4.96. The van der Waals surface area contributed by atoms with Crippen LogP contribution in [-0.2, 0) is 4.79 Å². The van der Waals surface area contributed by atoms with Crippen LogP contribution in [0.4, 0.5) is 5.69 Å². The molecule has 0 bridgehead atoms. The predicted octanol–water partition coefficient (Wildman–Crippen LogP) is 3.83. The molecule has 5 heteroatoms. The van der Waals surface area contributed by atoms with Crippen LogP contribution in [0.5, 0.6) is 5.75 Å². The molecule has 2 aromatic carbocycles. The predicted molar refractivity (Wildman–Crippen MR) is 104 cm³/mol. The van der Waals surface area contributed by atoms with Gasteiger partial charge in [-0.25, -0.2) is 0 Å². The minimum Gasteiger partial charge on any atom is -0.496 e. The molecule has 0 radical (unpaired) electrons. The number of nitrogens with zero attached hydrogens (tertiary/aromatic N) is 1. The lowest BCUT2D eigenvalue weighted by Gasteiger charge is -2.18. The summed E-state index contributed by atoms with van der Waals surface area (Å²) in [4.78, 5) is 26.3. The molecule has 0 atom stereocenters. The van der Waals surface area contributed by atoms with Crippen LogP contribution in [-0.4, -0.2) is 36.9 Å². The monoisotopic (exact) mass is 352 g/mol. The minimum absolute atomic E-state index is 0.0457. The summed E-state index contributed by atoms with van der Waals surface area (Å²) in [7, 11) is 1.59. The molecule has 0 aromatic heterocycles. The fourth-order valence-electron chi connectivity index (χ4n) is 2.58. The second kappa shape index (κ2) is 9.42. The van der Waals surface area contributed by atoms with E-state index in [-0.39, 0.29) is 11.8 Å². The van der Waals surface area contributed by atoms with Gasteiger partial charge in [-0.1, -0.05) is 24.3 Å². The van der Waals surface area contributed by atoms with Crippen LogP contribution >= 0.6 is 0 Å². The zero-order chi connectivity index (χ0) is 18.9. The van der Waals surface area contributed by atoms with Crippen LogP contribution in [0.25, 0.3) is 6.08 Å². The SMILES string of the molecule is CCN(CC)C(=O)c1cccc(NC(=O)/C=C/c2ccccc2OC)c1. The molecule has 0 saturated carbocycles. The normalized spacial score (nSPS) is 10.6. The third-order valence-corrected chi connectivity index (χ3v) is 3.98. The number of methoxy groups -OCH3 is 1. The Labute approximate surface area is 154 Å². The van der Waals surface area contributed by atoms with E-state index in [1.54, 1.807) is 42.4 Å². The number of carbonyl (C=O) groups is 2. The molecule has 0 aliphatic carbocycles. The molecule has 26 heavy (non-hydrogen) atoms. The highest BCUT2D eigenvalue weighted by Gasteiger charge is 2.12. The van der Waals surface area contributed by atoms with Gasteiger partial charge in [0.1, 0.15) is 5.75 Å². The highest BCUT2D eigenvalue weighted by atomic mass is 16.5. The van der Waals surface area contributed by atoms with Gasteiger partial charge in [0.05, 0.1) is 7.11 Å². The number of hydrogen-bond acceptors (Lipinski definition) is 3. The van der Waals surface area contributed by atoms with Crippen LogP contribution in [0.1, 0.15) is 29.8 Å². The van der Waals surface area contributed by atoms with Crippen LogP contribution in [0.15, 0.2) is 54.6 Å². The van der Waals surface area contributed by atoms with Crippen molar-refractivity contribution < 1.29 is 14.3 Å². The number of nitrogens with one attached hydrogen (secondary N) is 1. The first-order valence-electron chi connectivity index (χ1n) is 8.60. The van der Waals surface area contributed by atoms with Crippen molar-refractivity contribution >= 4 is 23.6 Å². The van der Waals surface area contributed by atoms with Crippen LogP contribution < -0.4 is 10.1 Å². The summed E-state index contributed by atoms with van der Waals surface area (Å²) in [6.45, 7) is 5.17. The number of hydrogen-bond donors (Lipinski definition) is 1. The first kappa shape index (κ1) is 19.2. The largest absolute Gasteiger partial charge is 0.496 e. The zero-order valence-corrected chi connectivity index (χ0v) is 15.4. The van der Waals surface area contributed by atoms with Crippen molar-refractivity contribution in [1.82, 2.24) is 4.90 Å². The fourth-order valence-corrected chi connectivity index (χ4v) is 2.58. The van der Waals surface area contributed by atoms with Gasteiger partial charge in [-0.15, -0.1) is 0 Å². The maximum Gasteiger partial charge on any atom is 0.253 e. The van der Waals surface area contributed by atoms with Crippen molar-refractivity contribution in [2.75, 3.05) is 25.5 Å². The van der Waals surface area contributed by atoms with E-state index in [2.05, 4.69) is 5.32 Å². The van der Waals surface area contributed by atoms with Gasteiger partial charge >= 0.3 is 0 Å². The number of ether oxygens (including phenoxy) is 1. The molecule has 2 rings (SSSR count). The Morgan fingerprint density at radius 3 is 2.50 bits per heavy atom. The molecular formula is C21H24N2O3. The van der Waals surface area contributed by atoms with E-state index in [4.69, 9.17) is 4.74 Å². The first-order chi connectivity index (χ1) is 12.6. The zero-order valence-electron chi connectivity index (χ0n) is 15.4. The van der Waals surface area contributed by atoms with E-state index in [0.29, 0.717) is 30.1 Å². The number of amides is 2. The van der Waals surface area contributed by atoms with Crippen molar-refractivity contribution in [2.24, 2.45) is 0 Å². The Morgan fingerprint density at radius 2 is 1.81 bits per heavy atom. The van der Waals surface area contributed by atoms with Crippen molar-refractivity contribution in [2.45, 2.75) is 13.8 Å². The topological polar surface area (TPSA) is 58.6 Å². The Hall–Kier alpha value is -3.08. The number of rotatable bonds is 7. The van der Waals surface area contributed by atoms with E-state index in [1.165, 1.54) is 6.08 Å². The van der Waals surface area contributed by atoms with Gasteiger partial charge in [0.25, 0.3) is 5.91 Å². The maximum atomic E-state index is 12.4. The van der Waals surface area contributed by atoms with E-state index >= 15 is 0 Å². The molecule has 0 aliphatic heterocycles. The van der Waals surface area contributed by atoms with Crippen molar-refractivity contribution in [3.8, 4) is 5.75 Å². The average Bonchev–Trinajstić information content (AvgIpc) is 2.67. The molecule has 0 heterocycles. The van der Waals surface area contributed by atoms with Crippen molar-refractivity contribution in [1.29, 1.82) is 0 Å². The van der Waals surface area contributed by atoms with E-state index in [1.807, 2.05) is 38.1 Å². The van der Waals surface area contributed by atoms with Crippen LogP contribution in [0, 0.1) is 0 Å². The second-order valence-corrected chi connectivity index (χ2v) is 5.62. The van der Waals surface area contributed by atoms with Gasteiger partial charge < -0.3 is 15.0 Å². The maximum absolute atomic E-state index is 12.4. The highest BCUT2D eigenvalue weighted by Crippen LogP contribution is 2.19. The number of carbonyl (C=O) groups excluding carboxylic acids is 2. The third-order valence-electron chi connectivity index (χ3n) is 3.98. The number of anilines is 1. The molecule has 0 unspecified atom stereocenters. The standard InChI is InChI=1S/C21H24N2O3/c1-4-23(5-2)21(25)17-10-8-11-18(15-17)22-20(24)14-13-16-9-6-7-12-19(16)26-3/h6-15H,4-5H2,1-3H3,(H,22,24)/b14-13+. The summed E-state index contributed by atoms with van der Waals surface area (Å²) in [6.07, 6.45) is 3.13. The number of para-hydroxylation sites is 1. The highest BCUT2D eigenvalue weighted by molar-refractivity contribution is 6.03. The molecule has 5 nitrogen and oxygen atoms in total. The van der Waals surface area contributed by atoms with Crippen molar-refractivity contribution in [3.63, 3.8) is 0 Å². The van der Waals surface area contributed by atoms with E-state index < -0.39 is 0 Å². The van der Waals surface area contributed by atoms with Crippen LogP contribution in [0.2, 0.25) is 0 Å². The van der Waals surface area contributed by atoms with Gasteiger partial charge in [-0.05, 0) is 44.2 Å². The van der Waals surface area contributed by atoms with Crippen LogP contribution in [0.3, 0.4) is 0 Å². The minimum atomic E-state index is -0.275. The average molecular weight is 352 g/mol. The molecule has 0 aliphatic rings. The van der Waals surface area contributed by atoms with Gasteiger partial charge in [0.15, 0.2) is 0 Å². The van der Waals surface area contributed by atoms with Gasteiger partial charge in [0, 0.05) is 36.0 Å². The second-order valence-electron chi connectivity index (χ2n) is 5.62. The van der Waals surface area contributed by atoms with E-state index in [0.717, 1.165) is 5.56 Å². The van der Waals surface area contributed by atoms with Gasteiger partial charge in [-0.3, -0.25) is 9.59 Å². The van der Waals surface area contributed by atoms with Crippen molar-refractivity contribution in [3.05, 3.63) is 65.7 Å². The smallest absolute Gasteiger partial charge is 0.253 e. The quantitative estimate of drug-likeness (QED) is 0.771. The fraction of sp³-hybridized carbons (Fsp3) is 0.238. The molecular weight excluding hydrogens is 328 g/mol. The molecule has 0 fully saturated rings. The Bertz CT molecular complexity index is 795. The summed E-state index contributed by atoms with van der Waals surface area (Å²) < 4.78 is 5.26. The number of benzene rings is 2. The molecule has 136 valence electrons. The molecule has 2 amide bonds. The molecule has 1 N–H and O–H groups in total. The lowest BCUT2D eigenvalue weighted by Crippen LogP contribution is -2.30.